The number of phenolic OH excluding ortho intramolecular Hbond substituents is 1. The minimum Gasteiger partial charge on any atom is -0.508 e. The fourth-order valence-corrected chi connectivity index (χ4v) is 1.74. The van der Waals surface area contributed by atoms with Gasteiger partial charge in [-0.15, -0.1) is 0 Å². The van der Waals surface area contributed by atoms with Crippen LogP contribution < -0.4 is 5.32 Å². The predicted octanol–water partition coefficient (Wildman–Crippen LogP) is 2.17. The van der Waals surface area contributed by atoms with E-state index in [0.717, 1.165) is 19.4 Å². The summed E-state index contributed by atoms with van der Waals surface area (Å²) >= 11 is 0. The molecule has 4 nitrogen and oxygen atoms in total. The molecule has 0 spiro atoms. The third-order valence-electron chi connectivity index (χ3n) is 2.86. The van der Waals surface area contributed by atoms with Gasteiger partial charge in [0, 0.05) is 12.5 Å². The molecule has 0 heterocycles. The van der Waals surface area contributed by atoms with Crippen molar-refractivity contribution in [2.45, 2.75) is 38.6 Å². The lowest BCUT2D eigenvalue weighted by molar-refractivity contribution is -0.137. The lowest BCUT2D eigenvalue weighted by atomic mass is 10.1. The smallest absolute Gasteiger partial charge is 0.303 e. The number of aliphatic carboxylic acids is 1. The average Bonchev–Trinajstić information content (AvgIpc) is 2.34. The molecule has 0 saturated heterocycles. The van der Waals surface area contributed by atoms with E-state index in [0.29, 0.717) is 18.2 Å². The summed E-state index contributed by atoms with van der Waals surface area (Å²) in [6.45, 7) is 2.84. The van der Waals surface area contributed by atoms with E-state index < -0.39 is 5.97 Å². The molecular weight excluding hydrogens is 230 g/mol. The normalized spacial score (nSPS) is 12.3. The van der Waals surface area contributed by atoms with Gasteiger partial charge in [0.05, 0.1) is 0 Å². The largest absolute Gasteiger partial charge is 0.508 e. The van der Waals surface area contributed by atoms with Gasteiger partial charge in [-0.3, -0.25) is 4.79 Å². The van der Waals surface area contributed by atoms with Crippen LogP contribution in [-0.2, 0) is 11.2 Å². The third-order valence-corrected chi connectivity index (χ3v) is 2.86. The molecule has 1 aromatic rings. The van der Waals surface area contributed by atoms with Crippen LogP contribution in [0.4, 0.5) is 0 Å². The van der Waals surface area contributed by atoms with Gasteiger partial charge in [0.1, 0.15) is 5.75 Å². The van der Waals surface area contributed by atoms with E-state index in [1.165, 1.54) is 5.56 Å². The summed E-state index contributed by atoms with van der Waals surface area (Å²) in [7, 11) is 0. The molecule has 100 valence electrons. The Balaban J connectivity index is 2.14. The number of hydrogen-bond donors (Lipinski definition) is 3. The minimum atomic E-state index is -0.742. The number of benzene rings is 1. The van der Waals surface area contributed by atoms with Crippen LogP contribution in [0.15, 0.2) is 24.3 Å². The number of nitrogens with one attached hydrogen (secondary N) is 1. The van der Waals surface area contributed by atoms with Gasteiger partial charge in [0.25, 0.3) is 0 Å². The quantitative estimate of drug-likeness (QED) is 0.619. The summed E-state index contributed by atoms with van der Waals surface area (Å²) in [5, 5.41) is 21.0. The molecule has 3 N–H and O–H groups in total. The van der Waals surface area contributed by atoms with Gasteiger partial charge in [0.15, 0.2) is 0 Å². The Kier molecular flexibility index (Phi) is 6.22. The molecule has 0 radical (unpaired) electrons. The molecule has 0 saturated carbocycles. The van der Waals surface area contributed by atoms with Crippen molar-refractivity contribution in [3.05, 3.63) is 29.8 Å². The number of hydrogen-bond acceptors (Lipinski definition) is 3. The van der Waals surface area contributed by atoms with Gasteiger partial charge >= 0.3 is 5.97 Å². The molecule has 4 heteroatoms. The summed E-state index contributed by atoms with van der Waals surface area (Å²) in [6.07, 6.45) is 2.84. The SMILES string of the molecule is CC(CCc1ccc(O)cc1)NCCCC(=O)O. The van der Waals surface area contributed by atoms with E-state index in [9.17, 15) is 4.79 Å². The second-order valence-electron chi connectivity index (χ2n) is 4.56. The highest BCUT2D eigenvalue weighted by atomic mass is 16.4. The lowest BCUT2D eigenvalue weighted by Crippen LogP contribution is -2.27. The first-order valence-electron chi connectivity index (χ1n) is 6.31. The van der Waals surface area contributed by atoms with Crippen LogP contribution in [0.1, 0.15) is 31.7 Å². The van der Waals surface area contributed by atoms with Crippen LogP contribution in [0.2, 0.25) is 0 Å². The zero-order valence-electron chi connectivity index (χ0n) is 10.7. The summed E-state index contributed by atoms with van der Waals surface area (Å²) < 4.78 is 0. The molecule has 0 bridgehead atoms. The standard InChI is InChI=1S/C14H21NO3/c1-11(15-10-2-3-14(17)18)4-5-12-6-8-13(16)9-7-12/h6-9,11,15-16H,2-5,10H2,1H3,(H,17,18). The monoisotopic (exact) mass is 251 g/mol. The Bertz CT molecular complexity index is 362. The van der Waals surface area contributed by atoms with E-state index >= 15 is 0 Å². The molecule has 0 amide bonds. The van der Waals surface area contributed by atoms with Crippen LogP contribution in [0.3, 0.4) is 0 Å². The lowest BCUT2D eigenvalue weighted by Gasteiger charge is -2.13. The van der Waals surface area contributed by atoms with E-state index in [2.05, 4.69) is 12.2 Å². The van der Waals surface area contributed by atoms with Crippen molar-refractivity contribution in [3.63, 3.8) is 0 Å². The van der Waals surface area contributed by atoms with Crippen LogP contribution >= 0.6 is 0 Å². The zero-order valence-corrected chi connectivity index (χ0v) is 10.7. The number of carboxylic acid groups (broad SMARTS) is 1. The second-order valence-corrected chi connectivity index (χ2v) is 4.56. The summed E-state index contributed by atoms with van der Waals surface area (Å²) in [6, 6.07) is 7.60. The zero-order chi connectivity index (χ0) is 13.4. The number of carbonyl (C=O) groups is 1. The van der Waals surface area contributed by atoms with E-state index in [4.69, 9.17) is 10.2 Å². The van der Waals surface area contributed by atoms with Gasteiger partial charge < -0.3 is 15.5 Å². The topological polar surface area (TPSA) is 69.6 Å². The Labute approximate surface area is 108 Å². The van der Waals surface area contributed by atoms with Gasteiger partial charge in [-0.05, 0) is 50.4 Å². The molecule has 0 aromatic heterocycles. The Morgan fingerprint density at radius 2 is 2.00 bits per heavy atom. The summed E-state index contributed by atoms with van der Waals surface area (Å²) in [5.74, 6) is -0.452. The summed E-state index contributed by atoms with van der Waals surface area (Å²) in [4.78, 5) is 10.3. The number of carboxylic acids is 1. The fourth-order valence-electron chi connectivity index (χ4n) is 1.74. The number of rotatable bonds is 8. The molecule has 1 rings (SSSR count). The van der Waals surface area contributed by atoms with Gasteiger partial charge in [-0.25, -0.2) is 0 Å². The molecule has 0 fully saturated rings. The van der Waals surface area contributed by atoms with Crippen molar-refractivity contribution in [1.82, 2.24) is 5.32 Å². The molecule has 1 atom stereocenters. The van der Waals surface area contributed by atoms with Crippen molar-refractivity contribution >= 4 is 5.97 Å². The molecular formula is C14H21NO3. The fraction of sp³-hybridized carbons (Fsp3) is 0.500. The number of aryl methyl sites for hydroxylation is 1. The Morgan fingerprint density at radius 1 is 1.33 bits per heavy atom. The maximum Gasteiger partial charge on any atom is 0.303 e. The highest BCUT2D eigenvalue weighted by Crippen LogP contribution is 2.11. The van der Waals surface area contributed by atoms with Crippen LogP contribution in [0.25, 0.3) is 0 Å². The third kappa shape index (κ3) is 6.25. The van der Waals surface area contributed by atoms with E-state index in [1.54, 1.807) is 12.1 Å². The first kappa shape index (κ1) is 14.5. The maximum atomic E-state index is 10.3. The van der Waals surface area contributed by atoms with Crippen molar-refractivity contribution in [2.24, 2.45) is 0 Å². The Morgan fingerprint density at radius 3 is 2.61 bits per heavy atom. The molecule has 18 heavy (non-hydrogen) atoms. The van der Waals surface area contributed by atoms with E-state index in [-0.39, 0.29) is 6.42 Å². The number of aromatic hydroxyl groups is 1. The first-order valence-corrected chi connectivity index (χ1v) is 6.31. The van der Waals surface area contributed by atoms with Gasteiger partial charge in [-0.1, -0.05) is 12.1 Å². The molecule has 0 aliphatic rings. The molecule has 1 aromatic carbocycles. The highest BCUT2D eigenvalue weighted by molar-refractivity contribution is 5.66. The average molecular weight is 251 g/mol. The highest BCUT2D eigenvalue weighted by Gasteiger charge is 2.03. The Hall–Kier alpha value is -1.55. The first-order chi connectivity index (χ1) is 8.58. The number of phenols is 1. The molecule has 0 aliphatic carbocycles. The maximum absolute atomic E-state index is 10.3. The van der Waals surface area contributed by atoms with Gasteiger partial charge in [0.2, 0.25) is 0 Å². The van der Waals surface area contributed by atoms with Crippen molar-refractivity contribution < 1.29 is 15.0 Å². The predicted molar refractivity (Wildman–Crippen MR) is 70.8 cm³/mol. The van der Waals surface area contributed by atoms with Crippen LogP contribution in [-0.4, -0.2) is 28.8 Å². The van der Waals surface area contributed by atoms with Crippen molar-refractivity contribution in [1.29, 1.82) is 0 Å². The van der Waals surface area contributed by atoms with Gasteiger partial charge in [-0.2, -0.15) is 0 Å². The second kappa shape index (κ2) is 7.71. The minimum absolute atomic E-state index is 0.220. The van der Waals surface area contributed by atoms with Crippen molar-refractivity contribution in [2.75, 3.05) is 6.54 Å². The van der Waals surface area contributed by atoms with Crippen LogP contribution in [0.5, 0.6) is 5.75 Å². The summed E-state index contributed by atoms with van der Waals surface area (Å²) in [5.41, 5.74) is 1.20. The van der Waals surface area contributed by atoms with E-state index in [1.807, 2.05) is 12.1 Å². The molecule has 1 unspecified atom stereocenters. The van der Waals surface area contributed by atoms with Crippen molar-refractivity contribution in [3.8, 4) is 5.75 Å². The molecule has 0 aliphatic heterocycles. The van der Waals surface area contributed by atoms with Crippen LogP contribution in [0, 0.1) is 0 Å².